The van der Waals surface area contributed by atoms with Crippen molar-refractivity contribution >= 4 is 17.9 Å². The largest absolute Gasteiger partial charge is 0.544 e. The molecule has 0 aliphatic heterocycles. The number of carboxylic acids is 1. The van der Waals surface area contributed by atoms with Crippen LogP contribution in [0.15, 0.2) is 122 Å². The van der Waals surface area contributed by atoms with Crippen molar-refractivity contribution in [1.82, 2.24) is 0 Å². The highest BCUT2D eigenvalue weighted by Crippen LogP contribution is 2.13. The van der Waals surface area contributed by atoms with E-state index < -0.39 is 18.1 Å². The fourth-order valence-electron chi connectivity index (χ4n) is 6.53. The molecule has 0 aromatic rings. The molecule has 366 valence electrons. The summed E-state index contributed by atoms with van der Waals surface area (Å²) in [6.07, 6.45) is 65.1. The lowest BCUT2D eigenvalue weighted by Crippen LogP contribution is -2.55. The Morgan fingerprint density at radius 2 is 0.815 bits per heavy atom. The van der Waals surface area contributed by atoms with Gasteiger partial charge in [0.05, 0.1) is 40.3 Å². The molecule has 0 N–H and O–H groups in total. The molecule has 0 amide bonds. The zero-order chi connectivity index (χ0) is 47.7. The van der Waals surface area contributed by atoms with Crippen molar-refractivity contribution in [3.8, 4) is 0 Å². The van der Waals surface area contributed by atoms with E-state index in [-0.39, 0.29) is 49.1 Å². The van der Waals surface area contributed by atoms with Crippen LogP contribution in [0, 0.1) is 0 Å². The number of unbranched alkanes of at least 4 members (excludes halogenated alkanes) is 9. The first-order valence-corrected chi connectivity index (χ1v) is 25.1. The van der Waals surface area contributed by atoms with Crippen molar-refractivity contribution in [1.29, 1.82) is 0 Å². The Balaban J connectivity index is 4.39. The molecular formula is C57H91NO7. The van der Waals surface area contributed by atoms with Gasteiger partial charge in [-0.2, -0.15) is 0 Å². The molecule has 8 heteroatoms. The number of allylic oxidation sites excluding steroid dienone is 20. The third-order valence-electron chi connectivity index (χ3n) is 10.3. The van der Waals surface area contributed by atoms with Crippen LogP contribution in [0.2, 0.25) is 0 Å². The summed E-state index contributed by atoms with van der Waals surface area (Å²) < 4.78 is 17.2. The number of carboxylic acid groups (broad SMARTS) is 1. The summed E-state index contributed by atoms with van der Waals surface area (Å²) in [5.41, 5.74) is 0. The molecule has 0 bridgehead atoms. The van der Waals surface area contributed by atoms with E-state index in [4.69, 9.17) is 14.2 Å². The Bertz CT molecular complexity index is 1470. The van der Waals surface area contributed by atoms with E-state index in [0.29, 0.717) is 6.42 Å². The van der Waals surface area contributed by atoms with Gasteiger partial charge in [0.2, 0.25) is 0 Å². The number of hydrogen-bond acceptors (Lipinski definition) is 7. The Morgan fingerprint density at radius 3 is 1.22 bits per heavy atom. The first-order valence-electron chi connectivity index (χ1n) is 25.1. The molecule has 0 heterocycles. The number of esters is 2. The van der Waals surface area contributed by atoms with E-state index in [9.17, 15) is 19.5 Å². The van der Waals surface area contributed by atoms with E-state index in [1.54, 1.807) is 21.1 Å². The van der Waals surface area contributed by atoms with E-state index in [1.165, 1.54) is 12.8 Å². The number of carbonyl (C=O) groups is 3. The van der Waals surface area contributed by atoms with Crippen LogP contribution in [-0.4, -0.2) is 75.5 Å². The van der Waals surface area contributed by atoms with Crippen LogP contribution in [0.4, 0.5) is 0 Å². The zero-order valence-corrected chi connectivity index (χ0v) is 41.6. The molecule has 0 rings (SSSR count). The lowest BCUT2D eigenvalue weighted by atomic mass is 10.1. The molecule has 2 atom stereocenters. The predicted octanol–water partition coefficient (Wildman–Crippen LogP) is 13.2. The van der Waals surface area contributed by atoms with Gasteiger partial charge in [0, 0.05) is 19.3 Å². The summed E-state index contributed by atoms with van der Waals surface area (Å²) in [6, 6.07) is -0.743. The molecule has 0 fully saturated rings. The number of carbonyl (C=O) groups excluding carboxylic acids is 3. The molecule has 0 aromatic carbocycles. The number of ether oxygens (including phenoxy) is 3. The second-order valence-corrected chi connectivity index (χ2v) is 17.3. The topological polar surface area (TPSA) is 102 Å². The van der Waals surface area contributed by atoms with Gasteiger partial charge in [0.15, 0.2) is 6.10 Å². The summed E-state index contributed by atoms with van der Waals surface area (Å²) in [5, 5.41) is 11.7. The molecule has 0 aliphatic carbocycles. The van der Waals surface area contributed by atoms with Crippen LogP contribution in [0.25, 0.3) is 0 Å². The summed E-state index contributed by atoms with van der Waals surface area (Å²) >= 11 is 0. The van der Waals surface area contributed by atoms with E-state index in [1.807, 2.05) is 0 Å². The highest BCUT2D eigenvalue weighted by Gasteiger charge is 2.25. The minimum Gasteiger partial charge on any atom is -0.544 e. The Labute approximate surface area is 397 Å². The average Bonchev–Trinajstić information content (AvgIpc) is 3.27. The maximum atomic E-state index is 12.8. The standard InChI is InChI=1S/C57H91NO7/c1-6-8-10-12-14-16-18-20-22-24-26-27-28-30-31-33-35-37-39-41-43-45-47-55(59)64-52-53(51-63-50-49-54(57(61)62)58(3,4)5)65-56(60)48-46-44-42-40-38-36-34-32-29-25-23-21-19-17-15-13-11-9-7-2/h8-11,14-17,20-23,26-27,29-32,35,37,53-54H,6-7,12-13,18-19,24-25,28,33-34,36,38-52H2,1-5H3/b10-8+,11-9+,16-14+,17-15+,22-20+,23-21+,27-26+,31-30+,32-29+,37-35+. The molecular weight excluding hydrogens is 811 g/mol. The van der Waals surface area contributed by atoms with Crippen molar-refractivity contribution in [2.24, 2.45) is 0 Å². The molecule has 65 heavy (non-hydrogen) atoms. The predicted molar refractivity (Wildman–Crippen MR) is 272 cm³/mol. The fraction of sp³-hybridized carbons (Fsp3) is 0.596. The molecule has 0 aromatic heterocycles. The molecule has 0 aliphatic rings. The number of aliphatic carboxylic acids is 1. The summed E-state index contributed by atoms with van der Waals surface area (Å²) in [7, 11) is 5.38. The highest BCUT2D eigenvalue weighted by molar-refractivity contribution is 5.70. The van der Waals surface area contributed by atoms with Gasteiger partial charge in [-0.15, -0.1) is 0 Å². The van der Waals surface area contributed by atoms with Crippen LogP contribution in [0.5, 0.6) is 0 Å². The van der Waals surface area contributed by atoms with Crippen LogP contribution in [0.1, 0.15) is 168 Å². The number of hydrogen-bond donors (Lipinski definition) is 0. The first-order chi connectivity index (χ1) is 31.6. The van der Waals surface area contributed by atoms with Crippen molar-refractivity contribution < 1.29 is 38.2 Å². The third kappa shape index (κ3) is 44.7. The highest BCUT2D eigenvalue weighted by atomic mass is 16.6. The van der Waals surface area contributed by atoms with Gasteiger partial charge in [0.25, 0.3) is 0 Å². The van der Waals surface area contributed by atoms with Crippen LogP contribution < -0.4 is 5.11 Å². The van der Waals surface area contributed by atoms with E-state index in [0.717, 1.165) is 122 Å². The van der Waals surface area contributed by atoms with E-state index >= 15 is 0 Å². The molecule has 2 unspecified atom stereocenters. The van der Waals surface area contributed by atoms with Crippen molar-refractivity contribution in [2.45, 2.75) is 180 Å². The van der Waals surface area contributed by atoms with Crippen molar-refractivity contribution in [3.05, 3.63) is 122 Å². The zero-order valence-electron chi connectivity index (χ0n) is 41.6. The quantitative estimate of drug-likeness (QED) is 0.0260. The minimum atomic E-state index is -1.14. The summed E-state index contributed by atoms with van der Waals surface area (Å²) in [5.74, 6) is -1.81. The van der Waals surface area contributed by atoms with Crippen molar-refractivity contribution in [3.63, 3.8) is 0 Å². The Hall–Kier alpha value is -4.27. The Kier molecular flexibility index (Phi) is 43.2. The van der Waals surface area contributed by atoms with Gasteiger partial charge in [-0.25, -0.2) is 0 Å². The van der Waals surface area contributed by atoms with Gasteiger partial charge in [0.1, 0.15) is 12.6 Å². The van der Waals surface area contributed by atoms with Crippen LogP contribution >= 0.6 is 0 Å². The SMILES string of the molecule is CC/C=C/C/C=C/C/C=C/C/C=C/C/C=C/C/C=C/CCCCCC(=O)OCC(COCCC(C(=O)[O-])[N+](C)(C)C)OC(=O)CCCCCCCC/C=C/C/C=C/C/C=C/C/C=C/CC. The molecule has 0 radical (unpaired) electrons. The van der Waals surface area contributed by atoms with Gasteiger partial charge < -0.3 is 28.6 Å². The monoisotopic (exact) mass is 902 g/mol. The van der Waals surface area contributed by atoms with Gasteiger partial charge in [-0.3, -0.25) is 9.59 Å². The number of likely N-dealkylation sites (N-methyl/N-ethyl adjacent to an activating group) is 1. The van der Waals surface area contributed by atoms with Gasteiger partial charge in [-0.05, 0) is 103 Å². The summed E-state index contributed by atoms with van der Waals surface area (Å²) in [6.45, 7) is 4.37. The molecule has 0 spiro atoms. The minimum absolute atomic E-state index is 0.0150. The molecule has 0 saturated carbocycles. The first kappa shape index (κ1) is 60.7. The number of quaternary nitrogens is 1. The maximum Gasteiger partial charge on any atom is 0.306 e. The Morgan fingerprint density at radius 1 is 0.462 bits per heavy atom. The normalized spacial score (nSPS) is 13.9. The van der Waals surface area contributed by atoms with Crippen LogP contribution in [0.3, 0.4) is 0 Å². The lowest BCUT2D eigenvalue weighted by Gasteiger charge is -2.34. The molecule has 8 nitrogen and oxygen atoms in total. The number of nitrogens with zero attached hydrogens (tertiary/aromatic N) is 1. The second kappa shape index (κ2) is 46.3. The third-order valence-corrected chi connectivity index (χ3v) is 10.3. The lowest BCUT2D eigenvalue weighted by molar-refractivity contribution is -0.889. The van der Waals surface area contributed by atoms with E-state index in [2.05, 4.69) is 135 Å². The van der Waals surface area contributed by atoms with Gasteiger partial charge in [-0.1, -0.05) is 167 Å². The second-order valence-electron chi connectivity index (χ2n) is 17.3. The average molecular weight is 902 g/mol. The number of rotatable bonds is 43. The smallest absolute Gasteiger partial charge is 0.306 e. The van der Waals surface area contributed by atoms with Crippen LogP contribution in [-0.2, 0) is 28.6 Å². The maximum absolute atomic E-state index is 12.8. The molecule has 0 saturated heterocycles. The summed E-state index contributed by atoms with van der Waals surface area (Å²) in [4.78, 5) is 37.0. The fourth-order valence-corrected chi connectivity index (χ4v) is 6.53. The van der Waals surface area contributed by atoms with Gasteiger partial charge >= 0.3 is 11.9 Å². The van der Waals surface area contributed by atoms with Crippen molar-refractivity contribution in [2.75, 3.05) is 41.0 Å².